The minimum atomic E-state index is -4.48. The predicted molar refractivity (Wildman–Crippen MR) is 118 cm³/mol. The monoisotopic (exact) mass is 458 g/mol. The summed E-state index contributed by atoms with van der Waals surface area (Å²) >= 11 is 0. The van der Waals surface area contributed by atoms with Gasteiger partial charge in [-0.1, -0.05) is 24.3 Å². The quantitative estimate of drug-likeness (QED) is 0.436. The summed E-state index contributed by atoms with van der Waals surface area (Å²) < 4.78 is 37.8. The third-order valence-electron chi connectivity index (χ3n) is 6.07. The lowest BCUT2D eigenvalue weighted by Crippen LogP contribution is -2.18. The first-order valence-corrected chi connectivity index (χ1v) is 10.9. The molecule has 0 atom stereocenters. The van der Waals surface area contributed by atoms with Crippen LogP contribution in [0.15, 0.2) is 55.0 Å². The normalized spacial score (nSPS) is 19.0. The topological polar surface area (TPSA) is 91.2 Å². The highest BCUT2D eigenvalue weighted by atomic mass is 19.4. The Morgan fingerprint density at radius 1 is 0.848 bits per heavy atom. The highest BCUT2D eigenvalue weighted by molar-refractivity contribution is 5.63. The Morgan fingerprint density at radius 3 is 2.06 bits per heavy atom. The maximum absolute atomic E-state index is 12.6. The maximum atomic E-state index is 12.6. The van der Waals surface area contributed by atoms with Gasteiger partial charge in [0.2, 0.25) is 5.95 Å². The molecule has 1 saturated carbocycles. The van der Waals surface area contributed by atoms with Gasteiger partial charge in [0, 0.05) is 24.4 Å². The fraction of sp³-hybridized carbons (Fsp3) is 0.375. The fourth-order valence-electron chi connectivity index (χ4n) is 4.28. The molecule has 174 valence electrons. The predicted octanol–water partition coefficient (Wildman–Crippen LogP) is 5.28. The molecule has 6 nitrogen and oxygen atoms in total. The van der Waals surface area contributed by atoms with E-state index in [0.717, 1.165) is 49.1 Å². The molecule has 0 aliphatic heterocycles. The van der Waals surface area contributed by atoms with Crippen LogP contribution < -0.4 is 5.32 Å². The van der Waals surface area contributed by atoms with Gasteiger partial charge in [0.05, 0.1) is 11.9 Å². The number of benzene rings is 1. The van der Waals surface area contributed by atoms with Crippen molar-refractivity contribution in [3.8, 4) is 11.1 Å². The molecule has 0 radical (unpaired) electrons. The molecule has 1 fully saturated rings. The number of nitrogens with zero attached hydrogens (tertiary/aromatic N) is 3. The Morgan fingerprint density at radius 2 is 1.52 bits per heavy atom. The molecule has 0 bridgehead atoms. The molecule has 0 spiro atoms. The summed E-state index contributed by atoms with van der Waals surface area (Å²) in [6.07, 6.45) is 3.25. The lowest BCUT2D eigenvalue weighted by molar-refractivity contribution is -0.141. The number of hydrogen-bond acceptors (Lipinski definition) is 6. The summed E-state index contributed by atoms with van der Waals surface area (Å²) in [6, 6.07) is 10.5. The summed E-state index contributed by atoms with van der Waals surface area (Å²) in [7, 11) is 0. The van der Waals surface area contributed by atoms with Gasteiger partial charge < -0.3 is 15.5 Å². The van der Waals surface area contributed by atoms with E-state index < -0.39 is 18.2 Å². The van der Waals surface area contributed by atoms with E-state index in [4.69, 9.17) is 10.2 Å². The van der Waals surface area contributed by atoms with Crippen LogP contribution in [0.5, 0.6) is 0 Å². The number of nitrogens with one attached hydrogen (secondary N) is 1. The fourth-order valence-corrected chi connectivity index (χ4v) is 4.28. The summed E-state index contributed by atoms with van der Waals surface area (Å²) in [6.45, 7) is 0. The SMILES string of the molecule is OC(O)CC1CCC(c2ccc(-c3cnc(Nc4ccc(C(F)(F)F)nc4)nc3)cc2)CC1. The Labute approximate surface area is 189 Å². The number of halogens is 3. The average molecular weight is 458 g/mol. The van der Waals surface area contributed by atoms with E-state index in [2.05, 4.69) is 32.4 Å². The summed E-state index contributed by atoms with van der Waals surface area (Å²) in [5.41, 5.74) is 2.49. The van der Waals surface area contributed by atoms with Crippen LogP contribution in [0, 0.1) is 5.92 Å². The molecule has 1 aliphatic rings. The highest BCUT2D eigenvalue weighted by Crippen LogP contribution is 2.38. The molecule has 2 aromatic heterocycles. The van der Waals surface area contributed by atoms with Crippen molar-refractivity contribution in [1.82, 2.24) is 15.0 Å². The van der Waals surface area contributed by atoms with Crippen molar-refractivity contribution >= 4 is 11.6 Å². The smallest absolute Gasteiger partial charge is 0.368 e. The van der Waals surface area contributed by atoms with Gasteiger partial charge >= 0.3 is 6.18 Å². The summed E-state index contributed by atoms with van der Waals surface area (Å²) in [5, 5.41) is 21.2. The van der Waals surface area contributed by atoms with E-state index in [-0.39, 0.29) is 5.95 Å². The van der Waals surface area contributed by atoms with Gasteiger partial charge in [-0.25, -0.2) is 15.0 Å². The van der Waals surface area contributed by atoms with Crippen LogP contribution >= 0.6 is 0 Å². The Bertz CT molecular complexity index is 1030. The first-order valence-electron chi connectivity index (χ1n) is 10.9. The van der Waals surface area contributed by atoms with Gasteiger partial charge in [-0.3, -0.25) is 0 Å². The van der Waals surface area contributed by atoms with E-state index >= 15 is 0 Å². The van der Waals surface area contributed by atoms with Crippen molar-refractivity contribution in [2.45, 2.75) is 50.5 Å². The first-order chi connectivity index (χ1) is 15.8. The van der Waals surface area contributed by atoms with Gasteiger partial charge in [0.1, 0.15) is 5.69 Å². The van der Waals surface area contributed by atoms with Crippen LogP contribution in [-0.4, -0.2) is 31.5 Å². The molecule has 0 saturated heterocycles. The van der Waals surface area contributed by atoms with Crippen LogP contribution in [0.3, 0.4) is 0 Å². The molecule has 4 rings (SSSR count). The second-order valence-corrected chi connectivity index (χ2v) is 8.41. The van der Waals surface area contributed by atoms with Gasteiger partial charge in [-0.15, -0.1) is 0 Å². The van der Waals surface area contributed by atoms with Gasteiger partial charge in [0.15, 0.2) is 6.29 Å². The molecule has 0 amide bonds. The van der Waals surface area contributed by atoms with Crippen molar-refractivity contribution in [3.05, 3.63) is 66.2 Å². The largest absolute Gasteiger partial charge is 0.433 e. The van der Waals surface area contributed by atoms with Crippen molar-refractivity contribution in [1.29, 1.82) is 0 Å². The van der Waals surface area contributed by atoms with Crippen LogP contribution in [0.1, 0.15) is 49.3 Å². The van der Waals surface area contributed by atoms with Crippen molar-refractivity contribution in [2.75, 3.05) is 5.32 Å². The Balaban J connectivity index is 1.35. The summed E-state index contributed by atoms with van der Waals surface area (Å²) in [5.74, 6) is 1.12. The lowest BCUT2D eigenvalue weighted by atomic mass is 9.77. The number of anilines is 2. The van der Waals surface area contributed by atoms with E-state index in [1.807, 2.05) is 12.1 Å². The Kier molecular flexibility index (Phi) is 6.90. The minimum absolute atomic E-state index is 0.265. The van der Waals surface area contributed by atoms with E-state index in [1.165, 1.54) is 11.6 Å². The number of aliphatic hydroxyl groups is 2. The second kappa shape index (κ2) is 9.84. The third kappa shape index (κ3) is 6.06. The molecule has 2 heterocycles. The number of aliphatic hydroxyl groups excluding tert-OH is 1. The molecule has 1 aromatic carbocycles. The zero-order valence-electron chi connectivity index (χ0n) is 17.8. The number of aromatic nitrogens is 3. The van der Waals surface area contributed by atoms with Crippen molar-refractivity contribution < 1.29 is 23.4 Å². The maximum Gasteiger partial charge on any atom is 0.433 e. The van der Waals surface area contributed by atoms with Crippen LogP contribution in [0.25, 0.3) is 11.1 Å². The van der Waals surface area contributed by atoms with Crippen LogP contribution in [-0.2, 0) is 6.18 Å². The van der Waals surface area contributed by atoms with Gasteiger partial charge in [0.25, 0.3) is 0 Å². The minimum Gasteiger partial charge on any atom is -0.368 e. The Hall–Kier alpha value is -3.04. The highest BCUT2D eigenvalue weighted by Gasteiger charge is 2.32. The standard InChI is InChI=1S/C24H25F3N4O2/c25-24(26,27)21-10-9-20(14-28-21)31-23-29-12-19(13-30-23)18-7-5-17(6-8-18)16-3-1-15(2-4-16)11-22(32)33/h5-10,12-16,22,32-33H,1-4,11H2,(H,29,30,31). The van der Waals surface area contributed by atoms with Gasteiger partial charge in [-0.05, 0) is 60.8 Å². The van der Waals surface area contributed by atoms with E-state index in [9.17, 15) is 13.2 Å². The van der Waals surface area contributed by atoms with E-state index in [0.29, 0.717) is 23.9 Å². The third-order valence-corrected chi connectivity index (χ3v) is 6.07. The molecular formula is C24H25F3N4O2. The first kappa shape index (κ1) is 23.1. The van der Waals surface area contributed by atoms with Crippen LogP contribution in [0.4, 0.5) is 24.8 Å². The molecule has 0 unspecified atom stereocenters. The summed E-state index contributed by atoms with van der Waals surface area (Å²) in [4.78, 5) is 11.9. The molecule has 33 heavy (non-hydrogen) atoms. The molecule has 3 N–H and O–H groups in total. The molecule has 1 aliphatic carbocycles. The van der Waals surface area contributed by atoms with E-state index in [1.54, 1.807) is 12.4 Å². The second-order valence-electron chi connectivity index (χ2n) is 8.41. The average Bonchev–Trinajstić information content (AvgIpc) is 2.80. The van der Waals surface area contributed by atoms with Crippen LogP contribution in [0.2, 0.25) is 0 Å². The molecule has 3 aromatic rings. The number of pyridine rings is 1. The molecule has 9 heteroatoms. The molecular weight excluding hydrogens is 433 g/mol. The number of rotatable bonds is 6. The van der Waals surface area contributed by atoms with Gasteiger partial charge in [-0.2, -0.15) is 13.2 Å². The van der Waals surface area contributed by atoms with Crippen molar-refractivity contribution in [3.63, 3.8) is 0 Å². The number of alkyl halides is 3. The lowest BCUT2D eigenvalue weighted by Gasteiger charge is -2.29. The number of hydrogen-bond donors (Lipinski definition) is 3. The zero-order valence-corrected chi connectivity index (χ0v) is 17.8. The zero-order chi connectivity index (χ0) is 23.4. The van der Waals surface area contributed by atoms with Crippen molar-refractivity contribution in [2.24, 2.45) is 5.92 Å².